The second-order valence-corrected chi connectivity index (χ2v) is 5.01. The van der Waals surface area contributed by atoms with Gasteiger partial charge in [-0.1, -0.05) is 0 Å². The second kappa shape index (κ2) is 4.64. The van der Waals surface area contributed by atoms with Crippen molar-refractivity contribution in [3.05, 3.63) is 32.7 Å². The molecule has 1 fully saturated rings. The highest BCUT2D eigenvalue weighted by molar-refractivity contribution is 5.85. The molecule has 1 saturated heterocycles. The van der Waals surface area contributed by atoms with Gasteiger partial charge in [-0.15, -0.1) is 0 Å². The fourth-order valence-corrected chi connectivity index (χ4v) is 2.51. The molecule has 0 radical (unpaired) electrons. The number of nitrogens with one attached hydrogen (secondary N) is 2. The van der Waals surface area contributed by atoms with Gasteiger partial charge in [0, 0.05) is 32.2 Å². The van der Waals surface area contributed by atoms with Crippen molar-refractivity contribution in [2.45, 2.75) is 0 Å². The maximum Gasteiger partial charge on any atom is 0.323 e. The summed E-state index contributed by atoms with van der Waals surface area (Å²) in [6, 6.07) is 3.09. The quantitative estimate of drug-likeness (QED) is 0.616. The zero-order valence-electron chi connectivity index (χ0n) is 11.0. The van der Waals surface area contributed by atoms with E-state index < -0.39 is 4.92 Å². The van der Waals surface area contributed by atoms with Gasteiger partial charge in [-0.05, 0) is 13.1 Å². The van der Waals surface area contributed by atoms with E-state index in [4.69, 9.17) is 0 Å². The smallest absolute Gasteiger partial charge is 0.323 e. The summed E-state index contributed by atoms with van der Waals surface area (Å²) in [5.41, 5.74) is 1.28. The van der Waals surface area contributed by atoms with Crippen LogP contribution in [0.3, 0.4) is 0 Å². The van der Waals surface area contributed by atoms with E-state index >= 15 is 0 Å². The van der Waals surface area contributed by atoms with Gasteiger partial charge in [0.15, 0.2) is 0 Å². The van der Waals surface area contributed by atoms with E-state index in [9.17, 15) is 14.9 Å². The Kier molecular flexibility index (Phi) is 2.94. The fourth-order valence-electron chi connectivity index (χ4n) is 2.51. The zero-order chi connectivity index (χ0) is 14.3. The summed E-state index contributed by atoms with van der Waals surface area (Å²) in [5.74, 6) is 0. The van der Waals surface area contributed by atoms with Crippen molar-refractivity contribution in [1.82, 2.24) is 14.9 Å². The van der Waals surface area contributed by atoms with E-state index in [0.717, 1.165) is 26.2 Å². The number of likely N-dealkylation sites (N-methyl/N-ethyl adjacent to an activating group) is 1. The molecule has 0 bridgehead atoms. The lowest BCUT2D eigenvalue weighted by Gasteiger charge is -2.33. The Hall–Kier alpha value is -2.35. The minimum atomic E-state index is -0.404. The summed E-state index contributed by atoms with van der Waals surface area (Å²) in [4.78, 5) is 31.5. The molecule has 1 aliphatic rings. The summed E-state index contributed by atoms with van der Waals surface area (Å²) in [6.45, 7) is 3.19. The molecular weight excluding hydrogens is 262 g/mol. The number of nitro benzene ring substituents is 1. The van der Waals surface area contributed by atoms with Gasteiger partial charge in [0.25, 0.3) is 5.69 Å². The van der Waals surface area contributed by atoms with Crippen molar-refractivity contribution in [2.75, 3.05) is 38.1 Å². The third-order valence-corrected chi connectivity index (χ3v) is 3.65. The first-order chi connectivity index (χ1) is 9.54. The monoisotopic (exact) mass is 277 g/mol. The van der Waals surface area contributed by atoms with Crippen molar-refractivity contribution >= 4 is 22.4 Å². The van der Waals surface area contributed by atoms with Crippen molar-refractivity contribution in [3.63, 3.8) is 0 Å². The molecule has 3 rings (SSSR count). The SMILES string of the molecule is CN1CCN(c2cc3[nH]c(=O)[nH]c3cc2[N+](=O)[O-])CC1. The number of imidazole rings is 1. The van der Waals surface area contributed by atoms with Crippen LogP contribution in [-0.2, 0) is 0 Å². The second-order valence-electron chi connectivity index (χ2n) is 5.01. The number of H-pyrrole nitrogens is 2. The number of anilines is 1. The summed E-state index contributed by atoms with van der Waals surface area (Å²) >= 11 is 0. The first-order valence-electron chi connectivity index (χ1n) is 6.38. The maximum atomic E-state index is 11.3. The van der Waals surface area contributed by atoms with Crippen LogP contribution in [0.15, 0.2) is 16.9 Å². The Bertz CT molecular complexity index is 711. The highest BCUT2D eigenvalue weighted by Gasteiger charge is 2.24. The van der Waals surface area contributed by atoms with E-state index in [-0.39, 0.29) is 11.4 Å². The highest BCUT2D eigenvalue weighted by Crippen LogP contribution is 2.31. The molecule has 1 aliphatic heterocycles. The number of rotatable bonds is 2. The van der Waals surface area contributed by atoms with Gasteiger partial charge in [-0.3, -0.25) is 10.1 Å². The molecule has 20 heavy (non-hydrogen) atoms. The summed E-state index contributed by atoms with van der Waals surface area (Å²) in [6.07, 6.45) is 0. The van der Waals surface area contributed by atoms with Crippen molar-refractivity contribution < 1.29 is 4.92 Å². The standard InChI is InChI=1S/C12H15N5O3/c1-15-2-4-16(5-3-15)10-6-8-9(14-12(18)13-8)7-11(10)17(19)20/h6-7H,2-5H2,1H3,(H2,13,14,18). The van der Waals surface area contributed by atoms with Gasteiger partial charge in [0.2, 0.25) is 0 Å². The molecule has 2 N–H and O–H groups in total. The number of aromatic amines is 2. The molecule has 8 nitrogen and oxygen atoms in total. The molecule has 0 saturated carbocycles. The lowest BCUT2D eigenvalue weighted by Crippen LogP contribution is -2.44. The van der Waals surface area contributed by atoms with Crippen LogP contribution in [0.4, 0.5) is 11.4 Å². The van der Waals surface area contributed by atoms with Gasteiger partial charge >= 0.3 is 5.69 Å². The lowest BCUT2D eigenvalue weighted by atomic mass is 10.2. The Balaban J connectivity index is 2.09. The van der Waals surface area contributed by atoms with Crippen molar-refractivity contribution in [2.24, 2.45) is 0 Å². The number of piperazine rings is 1. The normalized spacial score (nSPS) is 16.8. The molecule has 0 aliphatic carbocycles. The van der Waals surface area contributed by atoms with Crippen molar-refractivity contribution in [1.29, 1.82) is 0 Å². The van der Waals surface area contributed by atoms with Gasteiger partial charge < -0.3 is 19.8 Å². The van der Waals surface area contributed by atoms with Gasteiger partial charge in [-0.25, -0.2) is 4.79 Å². The summed E-state index contributed by atoms with van der Waals surface area (Å²) in [5, 5.41) is 11.2. The van der Waals surface area contributed by atoms with E-state index in [0.29, 0.717) is 16.7 Å². The zero-order valence-corrected chi connectivity index (χ0v) is 11.0. The first kappa shape index (κ1) is 12.7. The van der Waals surface area contributed by atoms with Crippen LogP contribution in [0.2, 0.25) is 0 Å². The van der Waals surface area contributed by atoms with Crippen LogP contribution in [0.5, 0.6) is 0 Å². The number of hydrogen-bond acceptors (Lipinski definition) is 5. The van der Waals surface area contributed by atoms with E-state index in [1.165, 1.54) is 6.07 Å². The summed E-state index contributed by atoms with van der Waals surface area (Å²) < 4.78 is 0. The Morgan fingerprint density at radius 3 is 2.35 bits per heavy atom. The molecular formula is C12H15N5O3. The molecule has 8 heteroatoms. The molecule has 1 aromatic carbocycles. The Labute approximate surface area is 114 Å². The van der Waals surface area contributed by atoms with Crippen LogP contribution in [0.25, 0.3) is 11.0 Å². The summed E-state index contributed by atoms with van der Waals surface area (Å²) in [7, 11) is 2.03. The molecule has 2 heterocycles. The minimum absolute atomic E-state index is 0.0253. The maximum absolute atomic E-state index is 11.3. The van der Waals surface area contributed by atoms with Gasteiger partial charge in [-0.2, -0.15) is 0 Å². The fraction of sp³-hybridized carbons (Fsp3) is 0.417. The number of hydrogen-bond donors (Lipinski definition) is 2. The van der Waals surface area contributed by atoms with E-state index in [2.05, 4.69) is 14.9 Å². The third-order valence-electron chi connectivity index (χ3n) is 3.65. The molecule has 0 atom stereocenters. The topological polar surface area (TPSA) is 98.3 Å². The van der Waals surface area contributed by atoms with Crippen LogP contribution < -0.4 is 10.6 Å². The average Bonchev–Trinajstić information content (AvgIpc) is 2.77. The molecule has 0 unspecified atom stereocenters. The van der Waals surface area contributed by atoms with Crippen LogP contribution in [0, 0.1) is 10.1 Å². The van der Waals surface area contributed by atoms with Crippen molar-refractivity contribution in [3.8, 4) is 0 Å². The molecule has 0 spiro atoms. The van der Waals surface area contributed by atoms with E-state index in [1.54, 1.807) is 6.07 Å². The van der Waals surface area contributed by atoms with Gasteiger partial charge in [0.1, 0.15) is 5.69 Å². The average molecular weight is 277 g/mol. The molecule has 1 aromatic heterocycles. The predicted octanol–water partition coefficient (Wildman–Crippen LogP) is 0.516. The largest absolute Gasteiger partial charge is 0.363 e. The lowest BCUT2D eigenvalue weighted by molar-refractivity contribution is -0.384. The number of nitro groups is 1. The minimum Gasteiger partial charge on any atom is -0.363 e. The third kappa shape index (κ3) is 2.14. The number of benzene rings is 1. The van der Waals surface area contributed by atoms with Crippen LogP contribution in [0.1, 0.15) is 0 Å². The molecule has 0 amide bonds. The Morgan fingerprint density at radius 2 is 1.75 bits per heavy atom. The molecule has 2 aromatic rings. The van der Waals surface area contributed by atoms with E-state index in [1.807, 2.05) is 11.9 Å². The number of nitrogens with zero attached hydrogens (tertiary/aromatic N) is 3. The highest BCUT2D eigenvalue weighted by atomic mass is 16.6. The first-order valence-corrected chi connectivity index (χ1v) is 6.38. The molecule has 106 valence electrons. The number of fused-ring (bicyclic) bond motifs is 1. The van der Waals surface area contributed by atoms with Gasteiger partial charge in [0.05, 0.1) is 16.0 Å². The van der Waals surface area contributed by atoms with Crippen LogP contribution >= 0.6 is 0 Å². The van der Waals surface area contributed by atoms with Crippen LogP contribution in [-0.4, -0.2) is 53.0 Å². The predicted molar refractivity (Wildman–Crippen MR) is 75.3 cm³/mol. The number of aromatic nitrogens is 2. The Morgan fingerprint density at radius 1 is 1.15 bits per heavy atom.